The SMILES string of the molecule is Clc1ccc2nnnc(Nc3ccccc3)c2n1. The summed E-state index contributed by atoms with van der Waals surface area (Å²) < 4.78 is 0. The van der Waals surface area contributed by atoms with Gasteiger partial charge in [-0.3, -0.25) is 0 Å². The number of anilines is 2. The minimum Gasteiger partial charge on any atom is -0.337 e. The molecule has 3 aromatic rings. The lowest BCUT2D eigenvalue weighted by molar-refractivity contribution is 0.897. The molecule has 1 aromatic carbocycles. The molecule has 0 aliphatic carbocycles. The number of pyridine rings is 1. The van der Waals surface area contributed by atoms with Gasteiger partial charge in [0.1, 0.15) is 16.2 Å². The molecule has 18 heavy (non-hydrogen) atoms. The second kappa shape index (κ2) is 4.54. The molecule has 3 rings (SSSR count). The standard InChI is InChI=1S/C12H8ClN5/c13-10-7-6-9-11(15-10)12(17-18-16-9)14-8-4-2-1-3-5-8/h1-7H,(H,14,16,17). The van der Waals surface area contributed by atoms with Gasteiger partial charge in [-0.1, -0.05) is 29.8 Å². The molecular formula is C12H8ClN5. The summed E-state index contributed by atoms with van der Waals surface area (Å²) in [6.45, 7) is 0. The minimum absolute atomic E-state index is 0.397. The van der Waals surface area contributed by atoms with Crippen molar-refractivity contribution in [1.29, 1.82) is 0 Å². The average Bonchev–Trinajstić information content (AvgIpc) is 2.41. The van der Waals surface area contributed by atoms with Crippen LogP contribution in [0.1, 0.15) is 0 Å². The number of rotatable bonds is 2. The maximum Gasteiger partial charge on any atom is 0.183 e. The van der Waals surface area contributed by atoms with Gasteiger partial charge < -0.3 is 5.32 Å². The number of aromatic nitrogens is 4. The Balaban J connectivity index is 2.09. The summed E-state index contributed by atoms with van der Waals surface area (Å²) in [6, 6.07) is 13.1. The fourth-order valence-electron chi connectivity index (χ4n) is 1.59. The molecule has 0 fully saturated rings. The number of para-hydroxylation sites is 1. The lowest BCUT2D eigenvalue weighted by Crippen LogP contribution is -2.00. The highest BCUT2D eigenvalue weighted by Gasteiger charge is 2.07. The van der Waals surface area contributed by atoms with Crippen LogP contribution in [0.25, 0.3) is 11.0 Å². The van der Waals surface area contributed by atoms with Gasteiger partial charge in [-0.05, 0) is 29.5 Å². The maximum atomic E-state index is 5.88. The highest BCUT2D eigenvalue weighted by molar-refractivity contribution is 6.29. The number of halogens is 1. The summed E-state index contributed by atoms with van der Waals surface area (Å²) in [4.78, 5) is 4.21. The van der Waals surface area contributed by atoms with Crippen molar-refractivity contribution < 1.29 is 0 Å². The van der Waals surface area contributed by atoms with Crippen LogP contribution in [0, 0.1) is 0 Å². The topological polar surface area (TPSA) is 63.6 Å². The molecule has 5 nitrogen and oxygen atoms in total. The van der Waals surface area contributed by atoms with Gasteiger partial charge in [0, 0.05) is 5.69 Å². The summed E-state index contributed by atoms with van der Waals surface area (Å²) in [6.07, 6.45) is 0. The third kappa shape index (κ3) is 2.08. The molecule has 2 heterocycles. The fourth-order valence-corrected chi connectivity index (χ4v) is 1.74. The average molecular weight is 258 g/mol. The van der Waals surface area contributed by atoms with E-state index in [0.717, 1.165) is 5.69 Å². The molecule has 1 N–H and O–H groups in total. The molecular weight excluding hydrogens is 250 g/mol. The van der Waals surface area contributed by atoms with Crippen molar-refractivity contribution in [2.45, 2.75) is 0 Å². The number of nitrogens with one attached hydrogen (secondary N) is 1. The van der Waals surface area contributed by atoms with Crippen LogP contribution in [0.3, 0.4) is 0 Å². The van der Waals surface area contributed by atoms with E-state index < -0.39 is 0 Å². The Kier molecular flexibility index (Phi) is 2.74. The van der Waals surface area contributed by atoms with Crippen LogP contribution in [0.2, 0.25) is 5.15 Å². The monoisotopic (exact) mass is 257 g/mol. The molecule has 0 saturated heterocycles. The molecule has 0 aliphatic rings. The zero-order valence-electron chi connectivity index (χ0n) is 9.21. The van der Waals surface area contributed by atoms with E-state index in [0.29, 0.717) is 22.0 Å². The molecule has 0 bridgehead atoms. The molecule has 0 spiro atoms. The van der Waals surface area contributed by atoms with Crippen LogP contribution in [-0.2, 0) is 0 Å². The highest BCUT2D eigenvalue weighted by Crippen LogP contribution is 2.21. The number of benzene rings is 1. The summed E-state index contributed by atoms with van der Waals surface area (Å²) in [7, 11) is 0. The molecule has 0 aliphatic heterocycles. The van der Waals surface area contributed by atoms with Gasteiger partial charge in [0.25, 0.3) is 0 Å². The first kappa shape index (κ1) is 10.9. The van der Waals surface area contributed by atoms with Crippen LogP contribution >= 0.6 is 11.6 Å². The summed E-state index contributed by atoms with van der Waals surface area (Å²) >= 11 is 5.88. The number of hydrogen-bond donors (Lipinski definition) is 1. The molecule has 88 valence electrons. The van der Waals surface area contributed by atoms with Crippen LogP contribution in [0.15, 0.2) is 42.5 Å². The van der Waals surface area contributed by atoms with Gasteiger partial charge >= 0.3 is 0 Å². The first-order valence-corrected chi connectivity index (χ1v) is 5.68. The van der Waals surface area contributed by atoms with Crippen molar-refractivity contribution in [3.8, 4) is 0 Å². The van der Waals surface area contributed by atoms with Crippen molar-refractivity contribution >= 4 is 34.1 Å². The van der Waals surface area contributed by atoms with Gasteiger partial charge in [0.2, 0.25) is 0 Å². The zero-order valence-corrected chi connectivity index (χ0v) is 9.96. The van der Waals surface area contributed by atoms with Crippen molar-refractivity contribution in [2.24, 2.45) is 0 Å². The van der Waals surface area contributed by atoms with E-state index in [9.17, 15) is 0 Å². The second-order valence-corrected chi connectivity index (χ2v) is 4.02. The number of nitrogens with zero attached hydrogens (tertiary/aromatic N) is 4. The van der Waals surface area contributed by atoms with Crippen molar-refractivity contribution in [1.82, 2.24) is 20.4 Å². The molecule has 0 atom stereocenters. The summed E-state index contributed by atoms with van der Waals surface area (Å²) in [5.74, 6) is 0.536. The first-order valence-electron chi connectivity index (χ1n) is 5.30. The van der Waals surface area contributed by atoms with Gasteiger partial charge in [-0.15, -0.1) is 10.2 Å². The Morgan fingerprint density at radius 1 is 0.944 bits per heavy atom. The van der Waals surface area contributed by atoms with E-state index in [1.165, 1.54) is 0 Å². The molecule has 0 amide bonds. The Morgan fingerprint density at radius 3 is 2.61 bits per heavy atom. The largest absolute Gasteiger partial charge is 0.337 e. The van der Waals surface area contributed by atoms with E-state index in [1.807, 2.05) is 30.3 Å². The number of hydrogen-bond acceptors (Lipinski definition) is 5. The van der Waals surface area contributed by atoms with E-state index >= 15 is 0 Å². The lowest BCUT2D eigenvalue weighted by atomic mass is 10.3. The molecule has 6 heteroatoms. The van der Waals surface area contributed by atoms with Gasteiger partial charge in [-0.2, -0.15) is 0 Å². The zero-order chi connectivity index (χ0) is 12.4. The number of fused-ring (bicyclic) bond motifs is 1. The summed E-state index contributed by atoms with van der Waals surface area (Å²) in [5.41, 5.74) is 2.15. The van der Waals surface area contributed by atoms with E-state index in [2.05, 4.69) is 25.7 Å². The van der Waals surface area contributed by atoms with Crippen LogP contribution < -0.4 is 5.32 Å². The normalized spacial score (nSPS) is 10.5. The molecule has 0 radical (unpaired) electrons. The third-order valence-corrected chi connectivity index (χ3v) is 2.61. The lowest BCUT2D eigenvalue weighted by Gasteiger charge is -2.06. The van der Waals surface area contributed by atoms with Crippen molar-refractivity contribution in [2.75, 3.05) is 5.32 Å². The molecule has 2 aromatic heterocycles. The Bertz CT molecular complexity index is 686. The second-order valence-electron chi connectivity index (χ2n) is 3.63. The maximum absolute atomic E-state index is 5.88. The Morgan fingerprint density at radius 2 is 1.78 bits per heavy atom. The minimum atomic E-state index is 0.397. The van der Waals surface area contributed by atoms with E-state index in [4.69, 9.17) is 11.6 Å². The molecule has 0 unspecified atom stereocenters. The smallest absolute Gasteiger partial charge is 0.183 e. The predicted molar refractivity (Wildman–Crippen MR) is 69.9 cm³/mol. The fraction of sp³-hybridized carbons (Fsp3) is 0. The van der Waals surface area contributed by atoms with Gasteiger partial charge in [-0.25, -0.2) is 4.98 Å². The van der Waals surface area contributed by atoms with Crippen molar-refractivity contribution in [3.05, 3.63) is 47.6 Å². The Hall–Kier alpha value is -2.27. The summed E-state index contributed by atoms with van der Waals surface area (Å²) in [5, 5.41) is 15.1. The van der Waals surface area contributed by atoms with E-state index in [1.54, 1.807) is 12.1 Å². The van der Waals surface area contributed by atoms with Crippen molar-refractivity contribution in [3.63, 3.8) is 0 Å². The first-order chi connectivity index (χ1) is 8.83. The quantitative estimate of drug-likeness (QED) is 0.715. The molecule has 0 saturated carbocycles. The van der Waals surface area contributed by atoms with Crippen LogP contribution in [-0.4, -0.2) is 20.4 Å². The van der Waals surface area contributed by atoms with Crippen LogP contribution in [0.5, 0.6) is 0 Å². The van der Waals surface area contributed by atoms with Crippen LogP contribution in [0.4, 0.5) is 11.5 Å². The van der Waals surface area contributed by atoms with Gasteiger partial charge in [0.05, 0.1) is 0 Å². The predicted octanol–water partition coefficient (Wildman–Crippen LogP) is 2.82. The Labute approximate surface area is 108 Å². The highest BCUT2D eigenvalue weighted by atomic mass is 35.5. The van der Waals surface area contributed by atoms with E-state index in [-0.39, 0.29) is 0 Å². The third-order valence-electron chi connectivity index (χ3n) is 2.40. The van der Waals surface area contributed by atoms with Gasteiger partial charge in [0.15, 0.2) is 5.82 Å².